The minimum absolute atomic E-state index is 0.0491. The van der Waals surface area contributed by atoms with Crippen molar-refractivity contribution in [1.82, 2.24) is 20.9 Å². The summed E-state index contributed by atoms with van der Waals surface area (Å²) in [6.07, 6.45) is 2.45. The van der Waals surface area contributed by atoms with Crippen LogP contribution in [0.5, 0.6) is 0 Å². The maximum atomic E-state index is 12.0. The monoisotopic (exact) mass is 401 g/mol. The van der Waals surface area contributed by atoms with Crippen molar-refractivity contribution in [3.8, 4) is 0 Å². The number of aliphatic imine (C=N–C) groups is 1. The van der Waals surface area contributed by atoms with E-state index < -0.39 is 11.7 Å². The molecule has 0 rings (SSSR count). The molecule has 0 aliphatic heterocycles. The number of carbonyl (C=O) groups excluding carboxylic acids is 1. The van der Waals surface area contributed by atoms with Crippen LogP contribution in [-0.4, -0.2) is 82.1 Å². The number of hydrogen-bond donors (Lipinski definition) is 3. The van der Waals surface area contributed by atoms with Gasteiger partial charge in [-0.25, -0.2) is 4.79 Å². The standard InChI is InChI=1S/C20H43N5O3/c1-8-11-17(24-19(26)28-20(3,4)5)16-23-18(21-9-2)22-12-14-25(6)13-10-15-27-7/h17H,8-16H2,1-7H3,(H,24,26)(H2,21,22,23). The van der Waals surface area contributed by atoms with Gasteiger partial charge in [0.25, 0.3) is 0 Å². The van der Waals surface area contributed by atoms with Gasteiger partial charge in [0.15, 0.2) is 5.96 Å². The molecule has 0 aromatic rings. The fourth-order valence-electron chi connectivity index (χ4n) is 2.53. The van der Waals surface area contributed by atoms with E-state index in [0.29, 0.717) is 6.54 Å². The molecule has 1 atom stereocenters. The van der Waals surface area contributed by atoms with Crippen LogP contribution >= 0.6 is 0 Å². The summed E-state index contributed by atoms with van der Waals surface area (Å²) in [5, 5.41) is 9.54. The van der Waals surface area contributed by atoms with Crippen LogP contribution in [0.1, 0.15) is 53.9 Å². The highest BCUT2D eigenvalue weighted by Gasteiger charge is 2.19. The largest absolute Gasteiger partial charge is 0.444 e. The Labute approximate surface area is 171 Å². The molecule has 0 bridgehead atoms. The van der Waals surface area contributed by atoms with Gasteiger partial charge in [-0.05, 0) is 47.6 Å². The van der Waals surface area contributed by atoms with E-state index >= 15 is 0 Å². The van der Waals surface area contributed by atoms with Gasteiger partial charge in [-0.1, -0.05) is 13.3 Å². The summed E-state index contributed by atoms with van der Waals surface area (Å²) in [6.45, 7) is 14.5. The Morgan fingerprint density at radius 1 is 1.18 bits per heavy atom. The second kappa shape index (κ2) is 15.4. The zero-order valence-corrected chi connectivity index (χ0v) is 19.1. The van der Waals surface area contributed by atoms with Gasteiger partial charge in [0.05, 0.1) is 12.6 Å². The minimum atomic E-state index is -0.504. The van der Waals surface area contributed by atoms with Gasteiger partial charge in [-0.3, -0.25) is 4.99 Å². The molecule has 1 amide bonds. The molecule has 166 valence electrons. The summed E-state index contributed by atoms with van der Waals surface area (Å²) in [5.74, 6) is 0.764. The summed E-state index contributed by atoms with van der Waals surface area (Å²) in [6, 6.07) is -0.0491. The highest BCUT2D eigenvalue weighted by atomic mass is 16.6. The summed E-state index contributed by atoms with van der Waals surface area (Å²) in [7, 11) is 3.83. The number of methoxy groups -OCH3 is 1. The van der Waals surface area contributed by atoms with Crippen molar-refractivity contribution in [2.24, 2.45) is 4.99 Å². The summed E-state index contributed by atoms with van der Waals surface area (Å²) in [4.78, 5) is 18.9. The van der Waals surface area contributed by atoms with Crippen molar-refractivity contribution in [2.75, 3.05) is 53.5 Å². The fourth-order valence-corrected chi connectivity index (χ4v) is 2.53. The number of nitrogens with one attached hydrogen (secondary N) is 3. The third-order valence-corrected chi connectivity index (χ3v) is 3.85. The number of rotatable bonds is 13. The molecule has 8 nitrogen and oxygen atoms in total. The van der Waals surface area contributed by atoms with E-state index in [1.807, 2.05) is 27.7 Å². The molecule has 0 fully saturated rings. The molecular weight excluding hydrogens is 358 g/mol. The summed E-state index contributed by atoms with van der Waals surface area (Å²) < 4.78 is 10.4. The van der Waals surface area contributed by atoms with Gasteiger partial charge in [0, 0.05) is 39.9 Å². The second-order valence-corrected chi connectivity index (χ2v) is 7.93. The topological polar surface area (TPSA) is 87.2 Å². The minimum Gasteiger partial charge on any atom is -0.444 e. The highest BCUT2D eigenvalue weighted by molar-refractivity contribution is 5.79. The number of guanidine groups is 1. The highest BCUT2D eigenvalue weighted by Crippen LogP contribution is 2.07. The van der Waals surface area contributed by atoms with E-state index in [4.69, 9.17) is 9.47 Å². The third kappa shape index (κ3) is 15.5. The lowest BCUT2D eigenvalue weighted by Crippen LogP contribution is -2.43. The third-order valence-electron chi connectivity index (χ3n) is 3.85. The van der Waals surface area contributed by atoms with E-state index in [1.54, 1.807) is 7.11 Å². The van der Waals surface area contributed by atoms with E-state index in [9.17, 15) is 4.79 Å². The first kappa shape index (κ1) is 26.5. The zero-order chi connectivity index (χ0) is 21.4. The number of hydrogen-bond acceptors (Lipinski definition) is 5. The molecule has 0 aromatic heterocycles. The van der Waals surface area contributed by atoms with Gasteiger partial charge in [-0.15, -0.1) is 0 Å². The smallest absolute Gasteiger partial charge is 0.407 e. The molecule has 0 aromatic carbocycles. The quantitative estimate of drug-likeness (QED) is 0.249. The van der Waals surface area contributed by atoms with Crippen molar-refractivity contribution in [2.45, 2.75) is 65.5 Å². The van der Waals surface area contributed by atoms with Gasteiger partial charge in [-0.2, -0.15) is 0 Å². The van der Waals surface area contributed by atoms with Crippen LogP contribution in [0.2, 0.25) is 0 Å². The lowest BCUT2D eigenvalue weighted by Gasteiger charge is -2.23. The number of amides is 1. The molecule has 1 unspecified atom stereocenters. The van der Waals surface area contributed by atoms with Gasteiger partial charge < -0.3 is 30.3 Å². The average molecular weight is 402 g/mol. The molecule has 0 heterocycles. The normalized spacial score (nSPS) is 13.4. The van der Waals surface area contributed by atoms with Gasteiger partial charge in [0.1, 0.15) is 5.60 Å². The lowest BCUT2D eigenvalue weighted by molar-refractivity contribution is 0.0503. The van der Waals surface area contributed by atoms with Crippen molar-refractivity contribution < 1.29 is 14.3 Å². The Morgan fingerprint density at radius 3 is 2.46 bits per heavy atom. The van der Waals surface area contributed by atoms with Gasteiger partial charge >= 0.3 is 6.09 Å². The van der Waals surface area contributed by atoms with E-state index in [1.165, 1.54) is 0 Å². The molecule has 0 saturated heterocycles. The number of alkyl carbamates (subject to hydrolysis) is 1. The van der Waals surface area contributed by atoms with Crippen LogP contribution in [0.25, 0.3) is 0 Å². The SMILES string of the molecule is CCCC(CN=C(NCC)NCCN(C)CCCOC)NC(=O)OC(C)(C)C. The molecular formula is C20H43N5O3. The average Bonchev–Trinajstić information content (AvgIpc) is 2.58. The van der Waals surface area contributed by atoms with Crippen molar-refractivity contribution in [3.63, 3.8) is 0 Å². The fraction of sp³-hybridized carbons (Fsp3) is 0.900. The van der Waals surface area contributed by atoms with Crippen LogP contribution in [0.4, 0.5) is 4.79 Å². The molecule has 0 saturated carbocycles. The first-order valence-corrected chi connectivity index (χ1v) is 10.4. The predicted octanol–water partition coefficient (Wildman–Crippen LogP) is 2.20. The molecule has 3 N–H and O–H groups in total. The lowest BCUT2D eigenvalue weighted by atomic mass is 10.1. The Morgan fingerprint density at radius 2 is 1.89 bits per heavy atom. The van der Waals surface area contributed by atoms with Crippen LogP contribution in [0, 0.1) is 0 Å². The van der Waals surface area contributed by atoms with Crippen LogP contribution < -0.4 is 16.0 Å². The summed E-state index contributed by atoms with van der Waals surface area (Å²) in [5.41, 5.74) is -0.504. The summed E-state index contributed by atoms with van der Waals surface area (Å²) >= 11 is 0. The van der Waals surface area contributed by atoms with E-state index in [2.05, 4.69) is 39.8 Å². The molecule has 0 aliphatic rings. The first-order chi connectivity index (χ1) is 13.2. The first-order valence-electron chi connectivity index (χ1n) is 10.4. The number of carbonyl (C=O) groups is 1. The Kier molecular flexibility index (Phi) is 14.5. The number of nitrogens with zero attached hydrogens (tertiary/aromatic N) is 2. The Balaban J connectivity index is 4.52. The number of likely N-dealkylation sites (N-methyl/N-ethyl adjacent to an activating group) is 1. The molecule has 0 radical (unpaired) electrons. The maximum absolute atomic E-state index is 12.0. The van der Waals surface area contributed by atoms with E-state index in [-0.39, 0.29) is 6.04 Å². The Hall–Kier alpha value is -1.54. The molecule has 28 heavy (non-hydrogen) atoms. The van der Waals surface area contributed by atoms with Crippen LogP contribution in [-0.2, 0) is 9.47 Å². The van der Waals surface area contributed by atoms with Crippen LogP contribution in [0.3, 0.4) is 0 Å². The zero-order valence-electron chi connectivity index (χ0n) is 19.1. The van der Waals surface area contributed by atoms with E-state index in [0.717, 1.165) is 58.0 Å². The maximum Gasteiger partial charge on any atom is 0.407 e. The van der Waals surface area contributed by atoms with Crippen molar-refractivity contribution in [1.29, 1.82) is 0 Å². The van der Waals surface area contributed by atoms with Crippen molar-refractivity contribution >= 4 is 12.1 Å². The van der Waals surface area contributed by atoms with Gasteiger partial charge in [0.2, 0.25) is 0 Å². The van der Waals surface area contributed by atoms with Crippen molar-refractivity contribution in [3.05, 3.63) is 0 Å². The van der Waals surface area contributed by atoms with Crippen LogP contribution in [0.15, 0.2) is 4.99 Å². The molecule has 0 spiro atoms. The number of ether oxygens (including phenoxy) is 2. The second-order valence-electron chi connectivity index (χ2n) is 7.93. The Bertz CT molecular complexity index is 438. The molecule has 8 heteroatoms. The predicted molar refractivity (Wildman–Crippen MR) is 116 cm³/mol. The molecule has 0 aliphatic carbocycles.